The first kappa shape index (κ1) is 12.7. The molecule has 0 aromatic heterocycles. The van der Waals surface area contributed by atoms with Gasteiger partial charge < -0.3 is 5.32 Å². The lowest BCUT2D eigenvalue weighted by atomic mass is 10.3. The highest BCUT2D eigenvalue weighted by atomic mass is 32.2. The van der Waals surface area contributed by atoms with Crippen LogP contribution in [0.4, 0.5) is 5.69 Å². The van der Waals surface area contributed by atoms with Crippen molar-refractivity contribution >= 4 is 26.7 Å². The molecule has 17 heavy (non-hydrogen) atoms. The van der Waals surface area contributed by atoms with Crippen LogP contribution in [0.2, 0.25) is 0 Å². The van der Waals surface area contributed by atoms with Gasteiger partial charge in [-0.3, -0.25) is 4.18 Å². The summed E-state index contributed by atoms with van der Waals surface area (Å²) in [6.45, 7) is 1.22. The molecular weight excluding hydrogens is 258 g/mol. The van der Waals surface area contributed by atoms with Crippen molar-refractivity contribution in [1.29, 1.82) is 0 Å². The number of fused-ring (bicyclic) bond motifs is 1. The van der Waals surface area contributed by atoms with Crippen LogP contribution < -0.4 is 5.32 Å². The van der Waals surface area contributed by atoms with Crippen LogP contribution in [0.25, 0.3) is 0 Å². The molecule has 2 rings (SSSR count). The van der Waals surface area contributed by atoms with E-state index in [4.69, 9.17) is 4.18 Å². The minimum absolute atomic E-state index is 0.0938. The van der Waals surface area contributed by atoms with Crippen molar-refractivity contribution < 1.29 is 12.6 Å². The number of hydrogen-bond donors (Lipinski definition) is 1. The monoisotopic (exact) mass is 274 g/mol. The van der Waals surface area contributed by atoms with Gasteiger partial charge in [0.05, 0.1) is 18.5 Å². The van der Waals surface area contributed by atoms with Gasteiger partial charge in [0, 0.05) is 10.9 Å². The van der Waals surface area contributed by atoms with Gasteiger partial charge in [-0.2, -0.15) is 8.42 Å². The fourth-order valence-corrected chi connectivity index (χ4v) is 4.27. The van der Waals surface area contributed by atoms with Gasteiger partial charge in [-0.05, 0) is 12.1 Å². The van der Waals surface area contributed by atoms with Gasteiger partial charge in [0.1, 0.15) is 18.1 Å². The predicted molar refractivity (Wildman–Crippen MR) is 71.1 cm³/mol. The molecule has 0 amide bonds. The number of rotatable bonds is 4. The molecule has 0 aliphatic carbocycles. The third kappa shape index (κ3) is 3.62. The predicted octanol–water partition coefficient (Wildman–Crippen LogP) is 1.07. The highest BCUT2D eigenvalue weighted by Crippen LogP contribution is 2.27. The Hall–Kier alpha value is -0.720. The zero-order valence-corrected chi connectivity index (χ0v) is 11.3. The fourth-order valence-electron chi connectivity index (χ4n) is 1.78. The van der Waals surface area contributed by atoms with E-state index in [1.165, 1.54) is 10.6 Å². The zero-order valence-electron chi connectivity index (χ0n) is 9.68. The maximum Gasteiger partial charge on any atom is 0.264 e. The standard InChI is InChI=1S/C11H16NO3S2/c1-17(13,14)15-7-9-16-8-6-12-10-4-2-3-5-11(10)16/h2-5,12H,6-9H2,1H3/q+1. The Bertz CT molecular complexity index is 487. The quantitative estimate of drug-likeness (QED) is 0.659. The van der Waals surface area contributed by atoms with Crippen molar-refractivity contribution in [3.63, 3.8) is 0 Å². The number of nitrogens with one attached hydrogen (secondary N) is 1. The maximum atomic E-state index is 10.9. The highest BCUT2D eigenvalue weighted by molar-refractivity contribution is 7.97. The molecule has 94 valence electrons. The van der Waals surface area contributed by atoms with Gasteiger partial charge in [0.2, 0.25) is 0 Å². The molecule has 1 aliphatic heterocycles. The Morgan fingerprint density at radius 1 is 1.41 bits per heavy atom. The number of hydrogen-bond acceptors (Lipinski definition) is 4. The molecule has 1 heterocycles. The molecule has 0 bridgehead atoms. The molecule has 1 unspecified atom stereocenters. The average Bonchev–Trinajstić information content (AvgIpc) is 2.28. The van der Waals surface area contributed by atoms with Crippen molar-refractivity contribution in [3.05, 3.63) is 24.3 Å². The van der Waals surface area contributed by atoms with Crippen LogP contribution in [0.15, 0.2) is 29.2 Å². The van der Waals surface area contributed by atoms with Crippen LogP contribution in [0, 0.1) is 0 Å². The van der Waals surface area contributed by atoms with E-state index in [9.17, 15) is 8.42 Å². The second-order valence-corrected chi connectivity index (χ2v) is 7.74. The smallest absolute Gasteiger partial charge is 0.264 e. The van der Waals surface area contributed by atoms with E-state index in [0.29, 0.717) is 0 Å². The molecule has 6 heteroatoms. The van der Waals surface area contributed by atoms with Crippen LogP contribution in [-0.2, 0) is 25.2 Å². The summed E-state index contributed by atoms with van der Waals surface area (Å²) in [6, 6.07) is 8.19. The Morgan fingerprint density at radius 3 is 2.94 bits per heavy atom. The van der Waals surface area contributed by atoms with Gasteiger partial charge in [-0.1, -0.05) is 12.1 Å². The first-order valence-corrected chi connectivity index (χ1v) is 8.79. The van der Waals surface area contributed by atoms with Crippen LogP contribution >= 0.6 is 0 Å². The van der Waals surface area contributed by atoms with E-state index >= 15 is 0 Å². The Morgan fingerprint density at radius 2 is 2.18 bits per heavy atom. The van der Waals surface area contributed by atoms with Crippen LogP contribution in [0.5, 0.6) is 0 Å². The fraction of sp³-hybridized carbons (Fsp3) is 0.455. The normalized spacial score (nSPS) is 19.5. The zero-order chi connectivity index (χ0) is 12.3. The molecular formula is C11H16NO3S2+. The first-order valence-electron chi connectivity index (χ1n) is 5.41. The minimum Gasteiger partial charge on any atom is -0.376 e. The van der Waals surface area contributed by atoms with Gasteiger partial charge in [0.15, 0.2) is 4.90 Å². The van der Waals surface area contributed by atoms with E-state index < -0.39 is 10.1 Å². The first-order chi connectivity index (χ1) is 8.06. The summed E-state index contributed by atoms with van der Waals surface area (Å²) < 4.78 is 26.6. The van der Waals surface area contributed by atoms with Gasteiger partial charge in [-0.15, -0.1) is 0 Å². The summed E-state index contributed by atoms with van der Waals surface area (Å²) in [6.07, 6.45) is 1.09. The molecule has 1 N–H and O–H groups in total. The largest absolute Gasteiger partial charge is 0.376 e. The van der Waals surface area contributed by atoms with Crippen molar-refractivity contribution in [2.24, 2.45) is 0 Å². The molecule has 0 saturated heterocycles. The molecule has 4 nitrogen and oxygen atoms in total. The van der Waals surface area contributed by atoms with Crippen LogP contribution in [-0.4, -0.2) is 39.3 Å². The van der Waals surface area contributed by atoms with Crippen molar-refractivity contribution in [2.75, 3.05) is 36.2 Å². The van der Waals surface area contributed by atoms with Gasteiger partial charge in [0.25, 0.3) is 10.1 Å². The van der Waals surface area contributed by atoms with Crippen molar-refractivity contribution in [3.8, 4) is 0 Å². The molecule has 0 saturated carbocycles. The Kier molecular flexibility index (Phi) is 3.96. The van der Waals surface area contributed by atoms with Gasteiger partial charge >= 0.3 is 0 Å². The SMILES string of the molecule is CS(=O)(=O)OCC[S+]1CCNc2ccccc21. The topological polar surface area (TPSA) is 55.4 Å². The van der Waals surface area contributed by atoms with E-state index in [1.54, 1.807) is 0 Å². The summed E-state index contributed by atoms with van der Waals surface area (Å²) in [5.41, 5.74) is 1.17. The summed E-state index contributed by atoms with van der Waals surface area (Å²) >= 11 is 0. The lowest BCUT2D eigenvalue weighted by molar-refractivity contribution is 0.345. The van der Waals surface area contributed by atoms with Crippen LogP contribution in [0.1, 0.15) is 0 Å². The van der Waals surface area contributed by atoms with E-state index in [-0.39, 0.29) is 17.5 Å². The molecule has 0 spiro atoms. The summed E-state index contributed by atoms with van der Waals surface area (Å²) in [5.74, 6) is 1.82. The molecule has 1 aromatic carbocycles. The molecule has 1 atom stereocenters. The van der Waals surface area contributed by atoms with Crippen LogP contribution in [0.3, 0.4) is 0 Å². The van der Waals surface area contributed by atoms with Crippen molar-refractivity contribution in [2.45, 2.75) is 4.90 Å². The maximum absolute atomic E-state index is 10.9. The van der Waals surface area contributed by atoms with Crippen molar-refractivity contribution in [1.82, 2.24) is 0 Å². The molecule has 0 fully saturated rings. The average molecular weight is 274 g/mol. The Labute approximate surface area is 105 Å². The highest BCUT2D eigenvalue weighted by Gasteiger charge is 2.28. The number of anilines is 1. The summed E-state index contributed by atoms with van der Waals surface area (Å²) in [7, 11) is -3.22. The van der Waals surface area contributed by atoms with E-state index in [1.807, 2.05) is 12.1 Å². The lowest BCUT2D eigenvalue weighted by Crippen LogP contribution is -2.27. The van der Waals surface area contributed by atoms with E-state index in [0.717, 1.165) is 24.3 Å². The Balaban J connectivity index is 1.99. The minimum atomic E-state index is -3.31. The molecule has 1 aliphatic rings. The second-order valence-electron chi connectivity index (χ2n) is 3.85. The third-order valence-corrected chi connectivity index (χ3v) is 5.42. The number of benzene rings is 1. The van der Waals surface area contributed by atoms with E-state index in [2.05, 4.69) is 17.4 Å². The molecule has 1 aromatic rings. The number of para-hydroxylation sites is 1. The lowest BCUT2D eigenvalue weighted by Gasteiger charge is -2.18. The van der Waals surface area contributed by atoms with Gasteiger partial charge in [-0.25, -0.2) is 0 Å². The second kappa shape index (κ2) is 5.29. The summed E-state index contributed by atoms with van der Waals surface area (Å²) in [4.78, 5) is 1.29. The molecule has 0 radical (unpaired) electrons. The summed E-state index contributed by atoms with van der Waals surface area (Å²) in [5, 5.41) is 3.35. The third-order valence-electron chi connectivity index (χ3n) is 2.49.